The highest BCUT2D eigenvalue weighted by Crippen LogP contribution is 2.26. The molecule has 0 N–H and O–H groups in total. The van der Waals surface area contributed by atoms with Crippen LogP contribution in [0.3, 0.4) is 0 Å². The van der Waals surface area contributed by atoms with Crippen LogP contribution in [0.2, 0.25) is 0 Å². The number of esters is 1. The van der Waals surface area contributed by atoms with Crippen LogP contribution in [-0.4, -0.2) is 37.1 Å². The number of rotatable bonds is 5. The number of hydrogen-bond acceptors (Lipinski definition) is 3. The van der Waals surface area contributed by atoms with E-state index in [2.05, 4.69) is 11.9 Å². The highest BCUT2D eigenvalue weighted by molar-refractivity contribution is 5.82. The fourth-order valence-corrected chi connectivity index (χ4v) is 3.73. The van der Waals surface area contributed by atoms with Gasteiger partial charge in [-0.1, -0.05) is 79.9 Å². The van der Waals surface area contributed by atoms with Gasteiger partial charge in [0.25, 0.3) is 0 Å². The Kier molecular flexibility index (Phi) is 6.84. The molecule has 1 atom stereocenters. The van der Waals surface area contributed by atoms with E-state index >= 15 is 0 Å². The fraction of sp³-hybridized carbons (Fsp3) is 0.435. The Labute approximate surface area is 157 Å². The van der Waals surface area contributed by atoms with Gasteiger partial charge in [-0.15, -0.1) is 0 Å². The van der Waals surface area contributed by atoms with Crippen molar-refractivity contribution in [3.05, 3.63) is 71.8 Å². The molecule has 0 unspecified atom stereocenters. The van der Waals surface area contributed by atoms with E-state index in [1.165, 1.54) is 25.7 Å². The van der Waals surface area contributed by atoms with E-state index < -0.39 is 0 Å². The summed E-state index contributed by atoms with van der Waals surface area (Å²) in [7, 11) is 2.15. The van der Waals surface area contributed by atoms with Gasteiger partial charge >= 0.3 is 5.97 Å². The molecule has 3 heteroatoms. The molecule has 1 saturated heterocycles. The average molecular weight is 351 g/mol. The summed E-state index contributed by atoms with van der Waals surface area (Å²) in [6, 6.07) is 20.2. The van der Waals surface area contributed by atoms with Gasteiger partial charge in [-0.3, -0.25) is 4.79 Å². The van der Waals surface area contributed by atoms with E-state index in [1.807, 2.05) is 60.7 Å². The van der Waals surface area contributed by atoms with E-state index in [-0.39, 0.29) is 11.9 Å². The number of likely N-dealkylation sites (tertiary alicyclic amines) is 1. The number of carbonyl (C=O) groups excluding carboxylic acids is 1. The maximum atomic E-state index is 13.0. The predicted molar refractivity (Wildman–Crippen MR) is 105 cm³/mol. The number of hydrogen-bond donors (Lipinski definition) is 0. The third-order valence-corrected chi connectivity index (χ3v) is 5.34. The minimum atomic E-state index is -0.365. The quantitative estimate of drug-likeness (QED) is 0.736. The first-order valence-electron chi connectivity index (χ1n) is 9.72. The Balaban J connectivity index is 1.71. The van der Waals surface area contributed by atoms with Crippen molar-refractivity contribution in [3.8, 4) is 0 Å². The van der Waals surface area contributed by atoms with Gasteiger partial charge in [0.15, 0.2) is 0 Å². The zero-order chi connectivity index (χ0) is 18.2. The van der Waals surface area contributed by atoms with Crippen LogP contribution in [0.1, 0.15) is 49.1 Å². The van der Waals surface area contributed by atoms with Crippen molar-refractivity contribution in [1.29, 1.82) is 0 Å². The molecule has 0 amide bonds. The molecule has 1 aliphatic rings. The van der Waals surface area contributed by atoms with Gasteiger partial charge in [0, 0.05) is 6.04 Å². The van der Waals surface area contributed by atoms with Gasteiger partial charge in [-0.2, -0.15) is 0 Å². The molecule has 1 heterocycles. The topological polar surface area (TPSA) is 29.5 Å². The molecule has 0 radical (unpaired) electrons. The second-order valence-electron chi connectivity index (χ2n) is 7.22. The molecule has 2 aromatic rings. The molecule has 0 saturated carbocycles. The first kappa shape index (κ1) is 18.7. The first-order valence-corrected chi connectivity index (χ1v) is 9.72. The standard InChI is InChI=1S/C23H29NO2/c1-24-17-11-3-2-10-16-21(24)18-26-23(25)22(19-12-6-4-7-13-19)20-14-8-5-9-15-20/h4-9,12-15,21-22H,2-3,10-11,16-18H2,1H3/t21-/m0/s1. The van der Waals surface area contributed by atoms with Crippen molar-refractivity contribution in [2.45, 2.75) is 44.1 Å². The summed E-state index contributed by atoms with van der Waals surface area (Å²) in [5.41, 5.74) is 1.96. The lowest BCUT2D eigenvalue weighted by atomic mass is 9.91. The Morgan fingerprint density at radius 1 is 0.962 bits per heavy atom. The van der Waals surface area contributed by atoms with Gasteiger partial charge < -0.3 is 9.64 Å². The minimum Gasteiger partial charge on any atom is -0.463 e. The Morgan fingerprint density at radius 2 is 1.54 bits per heavy atom. The van der Waals surface area contributed by atoms with Crippen LogP contribution in [0.5, 0.6) is 0 Å². The number of likely N-dealkylation sites (N-methyl/N-ethyl adjacent to an activating group) is 1. The maximum Gasteiger partial charge on any atom is 0.317 e. The lowest BCUT2D eigenvalue weighted by molar-refractivity contribution is -0.146. The van der Waals surface area contributed by atoms with E-state index in [0.717, 1.165) is 24.1 Å². The van der Waals surface area contributed by atoms with Gasteiger partial charge in [-0.05, 0) is 37.6 Å². The van der Waals surface area contributed by atoms with Gasteiger partial charge in [0.05, 0.1) is 0 Å². The molecule has 138 valence electrons. The Bertz CT molecular complexity index is 632. The molecule has 1 aliphatic heterocycles. The second kappa shape index (κ2) is 9.54. The largest absolute Gasteiger partial charge is 0.463 e. The average Bonchev–Trinajstić information content (AvgIpc) is 2.66. The summed E-state index contributed by atoms with van der Waals surface area (Å²) >= 11 is 0. The van der Waals surface area contributed by atoms with Crippen molar-refractivity contribution in [1.82, 2.24) is 4.90 Å². The summed E-state index contributed by atoms with van der Waals surface area (Å²) in [4.78, 5) is 15.4. The molecule has 3 rings (SSSR count). The zero-order valence-electron chi connectivity index (χ0n) is 15.6. The van der Waals surface area contributed by atoms with Crippen molar-refractivity contribution in [2.24, 2.45) is 0 Å². The maximum absolute atomic E-state index is 13.0. The van der Waals surface area contributed by atoms with Crippen molar-refractivity contribution >= 4 is 5.97 Å². The Morgan fingerprint density at radius 3 is 2.15 bits per heavy atom. The number of benzene rings is 2. The molecule has 0 bridgehead atoms. The number of ether oxygens (including phenoxy) is 1. The van der Waals surface area contributed by atoms with Crippen LogP contribution < -0.4 is 0 Å². The molecule has 0 aromatic heterocycles. The fourth-order valence-electron chi connectivity index (χ4n) is 3.73. The molecule has 3 nitrogen and oxygen atoms in total. The van der Waals surface area contributed by atoms with Crippen LogP contribution in [0.4, 0.5) is 0 Å². The SMILES string of the molecule is CN1CCCCCC[C@H]1COC(=O)C(c1ccccc1)c1ccccc1. The monoisotopic (exact) mass is 351 g/mol. The molecule has 1 fully saturated rings. The van der Waals surface area contributed by atoms with Crippen LogP contribution in [0.15, 0.2) is 60.7 Å². The third kappa shape index (κ3) is 4.95. The molecule has 26 heavy (non-hydrogen) atoms. The molecule has 2 aromatic carbocycles. The highest BCUT2D eigenvalue weighted by atomic mass is 16.5. The van der Waals surface area contributed by atoms with Crippen molar-refractivity contribution in [3.63, 3.8) is 0 Å². The molecule has 0 spiro atoms. The number of nitrogens with zero attached hydrogens (tertiary/aromatic N) is 1. The smallest absolute Gasteiger partial charge is 0.317 e. The summed E-state index contributed by atoms with van der Waals surface area (Å²) in [6.07, 6.45) is 6.14. The van der Waals surface area contributed by atoms with E-state index in [9.17, 15) is 4.79 Å². The minimum absolute atomic E-state index is 0.155. The zero-order valence-corrected chi connectivity index (χ0v) is 15.6. The van der Waals surface area contributed by atoms with E-state index in [4.69, 9.17) is 4.74 Å². The highest BCUT2D eigenvalue weighted by Gasteiger charge is 2.26. The number of carbonyl (C=O) groups is 1. The van der Waals surface area contributed by atoms with E-state index in [1.54, 1.807) is 0 Å². The summed E-state index contributed by atoms with van der Waals surface area (Å²) in [5.74, 6) is -0.519. The second-order valence-corrected chi connectivity index (χ2v) is 7.22. The van der Waals surface area contributed by atoms with E-state index in [0.29, 0.717) is 12.6 Å². The third-order valence-electron chi connectivity index (χ3n) is 5.34. The summed E-state index contributed by atoms with van der Waals surface area (Å²) < 4.78 is 5.84. The van der Waals surface area contributed by atoms with Crippen molar-refractivity contribution in [2.75, 3.05) is 20.2 Å². The first-order chi connectivity index (χ1) is 12.8. The summed E-state index contributed by atoms with van der Waals surface area (Å²) in [6.45, 7) is 1.56. The van der Waals surface area contributed by atoms with Gasteiger partial charge in [0.2, 0.25) is 0 Å². The van der Waals surface area contributed by atoms with Crippen LogP contribution >= 0.6 is 0 Å². The van der Waals surface area contributed by atoms with Crippen LogP contribution in [0.25, 0.3) is 0 Å². The normalized spacial score (nSPS) is 18.9. The van der Waals surface area contributed by atoms with Gasteiger partial charge in [0.1, 0.15) is 12.5 Å². The Hall–Kier alpha value is -2.13. The molecule has 0 aliphatic carbocycles. The lowest BCUT2D eigenvalue weighted by Gasteiger charge is -2.30. The molecular formula is C23H29NO2. The van der Waals surface area contributed by atoms with Crippen molar-refractivity contribution < 1.29 is 9.53 Å². The van der Waals surface area contributed by atoms with Crippen LogP contribution in [0, 0.1) is 0 Å². The lowest BCUT2D eigenvalue weighted by Crippen LogP contribution is -2.38. The molecular weight excluding hydrogens is 322 g/mol. The van der Waals surface area contributed by atoms with Crippen LogP contribution in [-0.2, 0) is 9.53 Å². The predicted octanol–water partition coefficient (Wildman–Crippen LogP) is 4.63. The van der Waals surface area contributed by atoms with Gasteiger partial charge in [-0.25, -0.2) is 0 Å². The summed E-state index contributed by atoms with van der Waals surface area (Å²) in [5, 5.41) is 0.